The van der Waals surface area contributed by atoms with Crippen LogP contribution in [0.1, 0.15) is 17.2 Å². The molecule has 0 spiro atoms. The predicted molar refractivity (Wildman–Crippen MR) is 114 cm³/mol. The molecule has 1 amide bonds. The summed E-state index contributed by atoms with van der Waals surface area (Å²) in [7, 11) is 3.27. The molecule has 0 fully saturated rings. The molecule has 1 aliphatic carbocycles. The molecule has 0 aromatic heterocycles. The van der Waals surface area contributed by atoms with Gasteiger partial charge < -0.3 is 9.47 Å². The number of azo groups is 2. The van der Waals surface area contributed by atoms with Gasteiger partial charge >= 0.3 is 5.91 Å². The number of rotatable bonds is 3. The van der Waals surface area contributed by atoms with Gasteiger partial charge in [-0.15, -0.1) is 0 Å². The minimum Gasteiger partial charge on any atom is -0.497 e. The largest absolute Gasteiger partial charge is 0.497 e. The lowest BCUT2D eigenvalue weighted by molar-refractivity contribution is -0.535. The summed E-state index contributed by atoms with van der Waals surface area (Å²) >= 11 is 3.22. The summed E-state index contributed by atoms with van der Waals surface area (Å²) in [6, 6.07) is 15.5. The van der Waals surface area contributed by atoms with Gasteiger partial charge in [0.25, 0.3) is 11.7 Å². The maximum absolute atomic E-state index is 12.3. The van der Waals surface area contributed by atoms with Crippen LogP contribution in [0.5, 0.6) is 11.5 Å². The molecule has 144 valence electrons. The summed E-state index contributed by atoms with van der Waals surface area (Å²) in [6.07, 6.45) is 0. The molecule has 0 N–H and O–H groups in total. The van der Waals surface area contributed by atoms with Crippen molar-refractivity contribution < 1.29 is 19.0 Å². The van der Waals surface area contributed by atoms with E-state index in [1.54, 1.807) is 18.9 Å². The highest BCUT2D eigenvalue weighted by Gasteiger charge is 2.47. The fraction of sp³-hybridized carbons (Fsp3) is 0.182. The van der Waals surface area contributed by atoms with Crippen molar-refractivity contribution in [3.63, 3.8) is 0 Å². The minimum absolute atomic E-state index is 0.147. The van der Waals surface area contributed by atoms with Crippen molar-refractivity contribution in [2.75, 3.05) is 19.5 Å². The van der Waals surface area contributed by atoms with Gasteiger partial charge in [-0.05, 0) is 17.5 Å². The molecule has 1 unspecified atom stereocenters. The van der Waals surface area contributed by atoms with Gasteiger partial charge in [0.05, 0.1) is 25.1 Å². The summed E-state index contributed by atoms with van der Waals surface area (Å²) in [6.45, 7) is 0. The number of amides is 1. The third-order valence-corrected chi connectivity index (χ3v) is 5.80. The van der Waals surface area contributed by atoms with E-state index in [-0.39, 0.29) is 17.3 Å². The zero-order valence-electron chi connectivity index (χ0n) is 15.8. The highest BCUT2D eigenvalue weighted by atomic mass is 79.9. The lowest BCUT2D eigenvalue weighted by atomic mass is 10.0. The van der Waals surface area contributed by atoms with E-state index in [1.165, 1.54) is 0 Å². The Kier molecular flexibility index (Phi) is 4.20. The topological polar surface area (TPSA) is 63.3 Å². The fourth-order valence-corrected chi connectivity index (χ4v) is 4.24. The molecule has 3 aromatic carbocycles. The van der Waals surface area contributed by atoms with E-state index in [0.717, 1.165) is 39.0 Å². The molecule has 1 atom stereocenters. The van der Waals surface area contributed by atoms with E-state index >= 15 is 0 Å². The average Bonchev–Trinajstić information content (AvgIpc) is 3.09. The van der Waals surface area contributed by atoms with Crippen LogP contribution in [0, 0.1) is 0 Å². The molecular formula is C22H17BrN3O3+. The highest BCUT2D eigenvalue weighted by Crippen LogP contribution is 2.50. The van der Waals surface area contributed by atoms with Crippen molar-refractivity contribution in [3.05, 3.63) is 59.7 Å². The second-order valence-electron chi connectivity index (χ2n) is 6.81. The Balaban J connectivity index is 1.87. The van der Waals surface area contributed by atoms with Crippen LogP contribution in [-0.4, -0.2) is 35.9 Å². The number of fused-ring (bicyclic) bond motifs is 4. The molecule has 7 heteroatoms. The molecule has 0 saturated heterocycles. The second kappa shape index (κ2) is 6.77. The van der Waals surface area contributed by atoms with Gasteiger partial charge in [0.1, 0.15) is 22.9 Å². The van der Waals surface area contributed by atoms with Crippen molar-refractivity contribution in [1.82, 2.24) is 0 Å². The molecule has 5 rings (SSSR count). The SMILES string of the molecule is COc1ccc2c(c1)N=C1c3c(OC)ccc4cccc(c34)C1[N+]2=NC(=O)CBr. The number of hydrogen-bond donors (Lipinski definition) is 0. The molecule has 1 aliphatic heterocycles. The van der Waals surface area contributed by atoms with Crippen molar-refractivity contribution >= 4 is 49.7 Å². The number of benzene rings is 3. The number of carbonyl (C=O) groups is 1. The zero-order valence-corrected chi connectivity index (χ0v) is 17.4. The molecule has 2 aliphatic rings. The molecule has 0 radical (unpaired) electrons. The number of hydrogen-bond acceptors (Lipinski definition) is 4. The van der Waals surface area contributed by atoms with Gasteiger partial charge in [0.2, 0.25) is 0 Å². The standard InChI is InChI=1S/C22H17BrN3O3/c1-28-13-7-8-16-15(10-13)24-21-20-17(29-2)9-6-12-4-3-5-14(19(12)20)22(21)26(16)25-18(27)11-23/h3-10,22H,11H2,1-2H3/q+1. The molecule has 1 heterocycles. The summed E-state index contributed by atoms with van der Waals surface area (Å²) in [4.78, 5) is 17.3. The van der Waals surface area contributed by atoms with Crippen LogP contribution in [0.4, 0.5) is 11.4 Å². The number of ether oxygens (including phenoxy) is 2. The van der Waals surface area contributed by atoms with Crippen LogP contribution in [0.3, 0.4) is 0 Å². The second-order valence-corrected chi connectivity index (χ2v) is 7.38. The van der Waals surface area contributed by atoms with Crippen molar-refractivity contribution in [2.24, 2.45) is 10.1 Å². The van der Waals surface area contributed by atoms with E-state index in [2.05, 4.69) is 33.2 Å². The normalized spacial score (nSPS) is 17.7. The van der Waals surface area contributed by atoms with E-state index in [1.807, 2.05) is 36.4 Å². The third kappa shape index (κ3) is 2.61. The van der Waals surface area contributed by atoms with Crippen molar-refractivity contribution in [2.45, 2.75) is 6.04 Å². The van der Waals surface area contributed by atoms with Crippen LogP contribution < -0.4 is 9.47 Å². The molecular weight excluding hydrogens is 434 g/mol. The monoisotopic (exact) mass is 450 g/mol. The number of methoxy groups -OCH3 is 2. The number of nitrogens with zero attached hydrogens (tertiary/aromatic N) is 3. The first-order valence-electron chi connectivity index (χ1n) is 9.12. The van der Waals surface area contributed by atoms with Crippen LogP contribution in [-0.2, 0) is 4.79 Å². The van der Waals surface area contributed by atoms with Gasteiger partial charge in [-0.25, -0.2) is 4.99 Å². The van der Waals surface area contributed by atoms with Gasteiger partial charge in [0.15, 0.2) is 0 Å². The van der Waals surface area contributed by atoms with E-state index in [0.29, 0.717) is 11.4 Å². The van der Waals surface area contributed by atoms with Gasteiger partial charge in [-0.2, -0.15) is 0 Å². The number of carbonyl (C=O) groups excluding carboxylic acids is 1. The zero-order chi connectivity index (χ0) is 20.1. The van der Waals surface area contributed by atoms with Gasteiger partial charge in [0, 0.05) is 28.2 Å². The van der Waals surface area contributed by atoms with Crippen molar-refractivity contribution in [1.29, 1.82) is 0 Å². The number of alkyl halides is 1. The highest BCUT2D eigenvalue weighted by molar-refractivity contribution is 9.09. The van der Waals surface area contributed by atoms with E-state index in [9.17, 15) is 4.79 Å². The number of aliphatic imine (C=N–C) groups is 1. The van der Waals surface area contributed by atoms with E-state index < -0.39 is 0 Å². The Hall–Kier alpha value is -3.06. The molecule has 0 bridgehead atoms. The Labute approximate surface area is 175 Å². The van der Waals surface area contributed by atoms with Gasteiger partial charge in [-0.1, -0.05) is 44.9 Å². The van der Waals surface area contributed by atoms with E-state index in [4.69, 9.17) is 14.5 Å². The maximum atomic E-state index is 12.3. The Morgan fingerprint density at radius 3 is 2.79 bits per heavy atom. The van der Waals surface area contributed by atoms with Crippen molar-refractivity contribution in [3.8, 4) is 11.5 Å². The summed E-state index contributed by atoms with van der Waals surface area (Å²) in [5, 5.41) is 6.74. The van der Waals surface area contributed by atoms with Gasteiger partial charge in [-0.3, -0.25) is 4.79 Å². The first-order chi connectivity index (χ1) is 14.2. The van der Waals surface area contributed by atoms with Crippen LogP contribution >= 0.6 is 15.9 Å². The quantitative estimate of drug-likeness (QED) is 0.413. The Bertz CT molecular complexity index is 1250. The molecule has 29 heavy (non-hydrogen) atoms. The number of halogens is 1. The third-order valence-electron chi connectivity index (χ3n) is 5.32. The first-order valence-corrected chi connectivity index (χ1v) is 10.2. The first kappa shape index (κ1) is 18.0. The predicted octanol–water partition coefficient (Wildman–Crippen LogP) is 5.06. The lowest BCUT2D eigenvalue weighted by Gasteiger charge is -2.17. The lowest BCUT2D eigenvalue weighted by Crippen LogP contribution is -2.24. The summed E-state index contributed by atoms with van der Waals surface area (Å²) in [5.41, 5.74) is 4.29. The smallest absolute Gasteiger partial charge is 0.319 e. The average molecular weight is 451 g/mol. The fourth-order valence-electron chi connectivity index (χ4n) is 4.13. The van der Waals surface area contributed by atoms with Crippen LogP contribution in [0.15, 0.2) is 58.6 Å². The molecule has 0 saturated carbocycles. The Morgan fingerprint density at radius 1 is 1.17 bits per heavy atom. The molecule has 6 nitrogen and oxygen atoms in total. The molecule has 3 aromatic rings. The summed E-state index contributed by atoms with van der Waals surface area (Å²) in [5.74, 6) is 1.19. The maximum Gasteiger partial charge on any atom is 0.319 e. The van der Waals surface area contributed by atoms with Crippen LogP contribution in [0.25, 0.3) is 10.8 Å². The Morgan fingerprint density at radius 2 is 2.03 bits per heavy atom. The van der Waals surface area contributed by atoms with Crippen LogP contribution in [0.2, 0.25) is 0 Å². The summed E-state index contributed by atoms with van der Waals surface area (Å²) < 4.78 is 12.8. The minimum atomic E-state index is -0.297.